The van der Waals surface area contributed by atoms with Crippen LogP contribution in [0.1, 0.15) is 44.9 Å². The monoisotopic (exact) mass is 387 g/mol. The molecule has 1 aromatic carbocycles. The van der Waals surface area contributed by atoms with Crippen LogP contribution in [-0.2, 0) is 9.59 Å². The molecule has 0 bridgehead atoms. The summed E-state index contributed by atoms with van der Waals surface area (Å²) in [4.78, 5) is 38.9. The lowest BCUT2D eigenvalue weighted by Gasteiger charge is -2.28. The Morgan fingerprint density at radius 2 is 1.71 bits per heavy atom. The van der Waals surface area contributed by atoms with Gasteiger partial charge < -0.3 is 20.1 Å². The molecule has 1 aromatic rings. The summed E-state index contributed by atoms with van der Waals surface area (Å²) in [6.45, 7) is 0.641. The quantitative estimate of drug-likeness (QED) is 0.777. The Labute approximate surface area is 163 Å². The maximum atomic E-state index is 13.0. The summed E-state index contributed by atoms with van der Waals surface area (Å²) in [5, 5.41) is 5.59. The van der Waals surface area contributed by atoms with Crippen LogP contribution in [0.3, 0.4) is 0 Å². The lowest BCUT2D eigenvalue weighted by atomic mass is 9.84. The molecular formula is C20H25N3O5. The van der Waals surface area contributed by atoms with Crippen LogP contribution in [0.4, 0.5) is 10.5 Å². The van der Waals surface area contributed by atoms with Crippen molar-refractivity contribution in [2.75, 3.05) is 25.1 Å². The zero-order chi connectivity index (χ0) is 19.6. The Morgan fingerprint density at radius 1 is 1.04 bits per heavy atom. The van der Waals surface area contributed by atoms with Crippen LogP contribution in [0.5, 0.6) is 11.5 Å². The zero-order valence-electron chi connectivity index (χ0n) is 15.8. The molecule has 150 valence electrons. The highest BCUT2D eigenvalue weighted by Crippen LogP contribution is 2.33. The van der Waals surface area contributed by atoms with E-state index in [1.165, 1.54) is 6.42 Å². The van der Waals surface area contributed by atoms with Crippen LogP contribution < -0.4 is 20.1 Å². The number of hydrogen-bond acceptors (Lipinski definition) is 5. The van der Waals surface area contributed by atoms with Gasteiger partial charge in [0.1, 0.15) is 25.3 Å². The van der Waals surface area contributed by atoms with Crippen LogP contribution in [0, 0.1) is 0 Å². The standard InChI is InChI=1S/C20H25N3O5/c24-17(21-14-6-7-15-16(12-14)28-11-10-27-15)13-23-18(25)20(22-19(23)26)8-4-2-1-3-5-9-20/h6-7,12H,1-5,8-11,13H2,(H,21,24)(H,22,26). The molecule has 1 spiro atoms. The highest BCUT2D eigenvalue weighted by atomic mass is 16.6. The normalized spacial score (nSPS) is 21.1. The van der Waals surface area contributed by atoms with E-state index in [2.05, 4.69) is 10.6 Å². The number of rotatable bonds is 3. The summed E-state index contributed by atoms with van der Waals surface area (Å²) in [6.07, 6.45) is 6.38. The fraction of sp³-hybridized carbons (Fsp3) is 0.550. The number of fused-ring (bicyclic) bond motifs is 1. The van der Waals surface area contributed by atoms with E-state index in [1.54, 1.807) is 18.2 Å². The van der Waals surface area contributed by atoms with Gasteiger partial charge in [0.25, 0.3) is 5.91 Å². The molecule has 8 heteroatoms. The number of benzene rings is 1. The number of ether oxygens (including phenoxy) is 2. The molecule has 0 atom stereocenters. The molecule has 1 saturated heterocycles. The maximum Gasteiger partial charge on any atom is 0.325 e. The van der Waals surface area contributed by atoms with E-state index in [0.29, 0.717) is 43.2 Å². The first-order chi connectivity index (χ1) is 13.6. The molecule has 4 amide bonds. The fourth-order valence-corrected chi connectivity index (χ4v) is 4.13. The Kier molecular flexibility index (Phi) is 5.11. The van der Waals surface area contributed by atoms with Crippen molar-refractivity contribution >= 4 is 23.5 Å². The van der Waals surface area contributed by atoms with Gasteiger partial charge >= 0.3 is 6.03 Å². The minimum absolute atomic E-state index is 0.281. The summed E-state index contributed by atoms with van der Waals surface area (Å²) in [5.74, 6) is 0.483. The Hall–Kier alpha value is -2.77. The van der Waals surface area contributed by atoms with Gasteiger partial charge in [-0.3, -0.25) is 14.5 Å². The largest absolute Gasteiger partial charge is 0.486 e. The van der Waals surface area contributed by atoms with Gasteiger partial charge in [0.15, 0.2) is 11.5 Å². The molecule has 2 aliphatic heterocycles. The second kappa shape index (κ2) is 7.69. The van der Waals surface area contributed by atoms with Gasteiger partial charge in [-0.25, -0.2) is 4.79 Å². The van der Waals surface area contributed by atoms with Crippen LogP contribution in [0.25, 0.3) is 0 Å². The summed E-state index contributed by atoms with van der Waals surface area (Å²) < 4.78 is 11.0. The Bertz CT molecular complexity index is 786. The molecule has 1 saturated carbocycles. The van der Waals surface area contributed by atoms with Crippen LogP contribution in [0.2, 0.25) is 0 Å². The van der Waals surface area contributed by atoms with Crippen molar-refractivity contribution in [2.24, 2.45) is 0 Å². The van der Waals surface area contributed by atoms with E-state index < -0.39 is 17.5 Å². The maximum absolute atomic E-state index is 13.0. The van der Waals surface area contributed by atoms with Crippen LogP contribution >= 0.6 is 0 Å². The molecule has 8 nitrogen and oxygen atoms in total. The number of nitrogens with zero attached hydrogens (tertiary/aromatic N) is 1. The number of nitrogens with one attached hydrogen (secondary N) is 2. The molecule has 2 fully saturated rings. The number of urea groups is 1. The number of anilines is 1. The molecule has 0 aromatic heterocycles. The summed E-state index contributed by atoms with van der Waals surface area (Å²) >= 11 is 0. The van der Waals surface area contributed by atoms with E-state index >= 15 is 0 Å². The lowest BCUT2D eigenvalue weighted by Crippen LogP contribution is -2.47. The average Bonchev–Trinajstić information content (AvgIpc) is 2.89. The molecule has 3 aliphatic rings. The van der Waals surface area contributed by atoms with Gasteiger partial charge in [0, 0.05) is 11.8 Å². The van der Waals surface area contributed by atoms with Crippen molar-refractivity contribution in [3.63, 3.8) is 0 Å². The van der Waals surface area contributed by atoms with E-state index in [9.17, 15) is 14.4 Å². The SMILES string of the molecule is O=C(CN1C(=O)NC2(CCCCCCC2)C1=O)Nc1ccc2c(c1)OCCO2. The van der Waals surface area contributed by atoms with E-state index in [-0.39, 0.29) is 12.5 Å². The number of hydrogen-bond donors (Lipinski definition) is 2. The molecule has 28 heavy (non-hydrogen) atoms. The predicted octanol–water partition coefficient (Wildman–Crippen LogP) is 2.43. The zero-order valence-corrected chi connectivity index (χ0v) is 15.8. The Balaban J connectivity index is 1.41. The van der Waals surface area contributed by atoms with Crippen molar-refractivity contribution in [2.45, 2.75) is 50.5 Å². The van der Waals surface area contributed by atoms with Crippen molar-refractivity contribution in [3.8, 4) is 11.5 Å². The van der Waals surface area contributed by atoms with Crippen LogP contribution in [-0.4, -0.2) is 48.0 Å². The number of carbonyl (C=O) groups is 3. The third-order valence-electron chi connectivity index (χ3n) is 5.58. The van der Waals surface area contributed by atoms with Crippen molar-refractivity contribution in [1.82, 2.24) is 10.2 Å². The minimum atomic E-state index is -0.839. The molecular weight excluding hydrogens is 362 g/mol. The highest BCUT2D eigenvalue weighted by molar-refractivity contribution is 6.10. The van der Waals surface area contributed by atoms with Gasteiger partial charge in [-0.15, -0.1) is 0 Å². The van der Waals surface area contributed by atoms with Gasteiger partial charge in [-0.05, 0) is 25.0 Å². The second-order valence-electron chi connectivity index (χ2n) is 7.58. The first-order valence-electron chi connectivity index (χ1n) is 9.91. The second-order valence-corrected chi connectivity index (χ2v) is 7.58. The number of carbonyl (C=O) groups excluding carboxylic acids is 3. The van der Waals surface area contributed by atoms with Gasteiger partial charge in [-0.1, -0.05) is 32.1 Å². The average molecular weight is 387 g/mol. The van der Waals surface area contributed by atoms with Gasteiger partial charge in [0.2, 0.25) is 5.91 Å². The summed E-state index contributed by atoms with van der Waals surface area (Å²) in [6, 6.07) is 4.62. The third-order valence-corrected chi connectivity index (χ3v) is 5.58. The van der Waals surface area contributed by atoms with Crippen LogP contribution in [0.15, 0.2) is 18.2 Å². The van der Waals surface area contributed by atoms with E-state index in [1.807, 2.05) is 0 Å². The molecule has 0 unspecified atom stereocenters. The highest BCUT2D eigenvalue weighted by Gasteiger charge is 2.50. The first kappa shape index (κ1) is 18.6. The number of imide groups is 1. The minimum Gasteiger partial charge on any atom is -0.486 e. The topological polar surface area (TPSA) is 97.0 Å². The molecule has 2 heterocycles. The van der Waals surface area contributed by atoms with E-state index in [0.717, 1.165) is 30.6 Å². The first-order valence-corrected chi connectivity index (χ1v) is 9.91. The molecule has 0 radical (unpaired) electrons. The molecule has 2 N–H and O–H groups in total. The predicted molar refractivity (Wildman–Crippen MR) is 101 cm³/mol. The summed E-state index contributed by atoms with van der Waals surface area (Å²) in [5.41, 5.74) is -0.309. The molecule has 4 rings (SSSR count). The van der Waals surface area contributed by atoms with Gasteiger partial charge in [-0.2, -0.15) is 0 Å². The van der Waals surface area contributed by atoms with E-state index in [4.69, 9.17) is 9.47 Å². The lowest BCUT2D eigenvalue weighted by molar-refractivity contribution is -0.134. The number of amides is 4. The fourth-order valence-electron chi connectivity index (χ4n) is 4.13. The van der Waals surface area contributed by atoms with Crippen molar-refractivity contribution in [3.05, 3.63) is 18.2 Å². The summed E-state index contributed by atoms with van der Waals surface area (Å²) in [7, 11) is 0. The van der Waals surface area contributed by atoms with Crippen molar-refractivity contribution < 1.29 is 23.9 Å². The third kappa shape index (κ3) is 3.63. The Morgan fingerprint density at radius 3 is 2.46 bits per heavy atom. The molecule has 1 aliphatic carbocycles. The smallest absolute Gasteiger partial charge is 0.325 e. The van der Waals surface area contributed by atoms with Crippen molar-refractivity contribution in [1.29, 1.82) is 0 Å². The van der Waals surface area contributed by atoms with Gasteiger partial charge in [0.05, 0.1) is 0 Å².